The summed E-state index contributed by atoms with van der Waals surface area (Å²) in [7, 11) is -1.79. The van der Waals surface area contributed by atoms with E-state index < -0.39 is 10.0 Å². The summed E-state index contributed by atoms with van der Waals surface area (Å²) >= 11 is 3.28. The highest BCUT2D eigenvalue weighted by Crippen LogP contribution is 2.30. The highest BCUT2D eigenvalue weighted by Gasteiger charge is 2.33. The number of sulfonamides is 1. The zero-order valence-electron chi connectivity index (χ0n) is 11.1. The van der Waals surface area contributed by atoms with Crippen molar-refractivity contribution in [1.29, 1.82) is 0 Å². The Kier molecular flexibility index (Phi) is 4.47. The van der Waals surface area contributed by atoms with Crippen LogP contribution in [-0.4, -0.2) is 37.8 Å². The number of anilines is 1. The first kappa shape index (κ1) is 14.7. The van der Waals surface area contributed by atoms with Gasteiger partial charge in [0, 0.05) is 30.8 Å². The van der Waals surface area contributed by atoms with Gasteiger partial charge in [-0.15, -0.1) is 0 Å². The van der Waals surface area contributed by atoms with Crippen LogP contribution in [0.15, 0.2) is 21.6 Å². The molecule has 0 spiro atoms. The second-order valence-electron chi connectivity index (χ2n) is 4.68. The Morgan fingerprint density at radius 2 is 2.32 bits per heavy atom. The third-order valence-corrected chi connectivity index (χ3v) is 5.81. The fraction of sp³-hybridized carbons (Fsp3) is 0.583. The Hall–Kier alpha value is -0.660. The average Bonchev–Trinajstić information content (AvgIpc) is 2.88. The van der Waals surface area contributed by atoms with E-state index in [-0.39, 0.29) is 4.90 Å². The Bertz CT molecular complexity index is 562. The summed E-state index contributed by atoms with van der Waals surface area (Å²) in [6.45, 7) is 3.30. The molecule has 1 N–H and O–H groups in total. The molecule has 0 radical (unpaired) electrons. The predicted molar refractivity (Wildman–Crippen MR) is 78.6 cm³/mol. The topological polar surface area (TPSA) is 62.3 Å². The Labute approximate surface area is 122 Å². The summed E-state index contributed by atoms with van der Waals surface area (Å²) in [6, 6.07) is 1.60. The number of nitrogens with zero attached hydrogens (tertiary/aromatic N) is 2. The van der Waals surface area contributed by atoms with Crippen molar-refractivity contribution in [2.45, 2.75) is 24.7 Å². The van der Waals surface area contributed by atoms with E-state index in [2.05, 4.69) is 33.2 Å². The molecule has 0 aliphatic carbocycles. The van der Waals surface area contributed by atoms with Gasteiger partial charge < -0.3 is 5.32 Å². The van der Waals surface area contributed by atoms with Crippen LogP contribution in [0.2, 0.25) is 0 Å². The molecule has 1 aliphatic rings. The van der Waals surface area contributed by atoms with Gasteiger partial charge in [0.1, 0.15) is 10.7 Å². The number of aromatic nitrogens is 1. The Balaban J connectivity index is 2.37. The minimum absolute atomic E-state index is 0.237. The molecule has 0 bridgehead atoms. The van der Waals surface area contributed by atoms with Crippen LogP contribution in [0, 0.1) is 5.92 Å². The maximum Gasteiger partial charge on any atom is 0.246 e. The van der Waals surface area contributed by atoms with Gasteiger partial charge in [-0.05, 0) is 34.3 Å². The smallest absolute Gasteiger partial charge is 0.246 e. The van der Waals surface area contributed by atoms with Crippen molar-refractivity contribution in [2.24, 2.45) is 5.92 Å². The molecule has 5 nitrogen and oxygen atoms in total. The van der Waals surface area contributed by atoms with Gasteiger partial charge in [-0.1, -0.05) is 13.3 Å². The summed E-state index contributed by atoms with van der Waals surface area (Å²) in [6.07, 6.45) is 3.54. The van der Waals surface area contributed by atoms with Crippen LogP contribution in [0.4, 0.5) is 5.82 Å². The van der Waals surface area contributed by atoms with Crippen LogP contribution in [0.5, 0.6) is 0 Å². The van der Waals surface area contributed by atoms with Crippen LogP contribution in [0.3, 0.4) is 0 Å². The van der Waals surface area contributed by atoms with Crippen LogP contribution >= 0.6 is 15.9 Å². The standard InChI is InChI=1S/C12H18BrN3O2S/c1-3-9-4-5-16(8-9)19(17,18)11-6-10(13)7-15-12(11)14-2/h6-7,9H,3-5,8H2,1-2H3,(H,14,15). The largest absolute Gasteiger partial charge is 0.372 e. The summed E-state index contributed by atoms with van der Waals surface area (Å²) in [4.78, 5) is 4.35. The lowest BCUT2D eigenvalue weighted by atomic mass is 10.1. The van der Waals surface area contributed by atoms with Crippen molar-refractivity contribution in [2.75, 3.05) is 25.5 Å². The molecule has 0 amide bonds. The molecule has 19 heavy (non-hydrogen) atoms. The van der Waals surface area contributed by atoms with Crippen molar-refractivity contribution < 1.29 is 8.42 Å². The number of hydrogen-bond acceptors (Lipinski definition) is 4. The minimum Gasteiger partial charge on any atom is -0.372 e. The molecule has 1 aromatic heterocycles. The van der Waals surface area contributed by atoms with E-state index in [4.69, 9.17) is 0 Å². The van der Waals surface area contributed by atoms with Gasteiger partial charge in [-0.3, -0.25) is 0 Å². The van der Waals surface area contributed by atoms with E-state index in [0.29, 0.717) is 29.3 Å². The number of nitrogens with one attached hydrogen (secondary N) is 1. The quantitative estimate of drug-likeness (QED) is 0.907. The maximum atomic E-state index is 12.7. The normalized spacial score (nSPS) is 20.7. The summed E-state index contributed by atoms with van der Waals surface area (Å²) in [5.74, 6) is 0.857. The molecule has 106 valence electrons. The zero-order valence-corrected chi connectivity index (χ0v) is 13.5. The molecule has 1 atom stereocenters. The maximum absolute atomic E-state index is 12.7. The van der Waals surface area contributed by atoms with Crippen LogP contribution in [-0.2, 0) is 10.0 Å². The summed E-state index contributed by atoms with van der Waals surface area (Å²) < 4.78 is 27.5. The average molecular weight is 348 g/mol. The molecule has 2 heterocycles. The molecular weight excluding hydrogens is 330 g/mol. The van der Waals surface area contributed by atoms with Crippen molar-refractivity contribution >= 4 is 31.8 Å². The van der Waals surface area contributed by atoms with E-state index in [9.17, 15) is 8.42 Å². The number of rotatable bonds is 4. The van der Waals surface area contributed by atoms with E-state index in [1.807, 2.05) is 0 Å². The van der Waals surface area contributed by atoms with Crippen molar-refractivity contribution in [1.82, 2.24) is 9.29 Å². The highest BCUT2D eigenvalue weighted by atomic mass is 79.9. The van der Waals surface area contributed by atoms with Gasteiger partial charge in [-0.25, -0.2) is 13.4 Å². The molecule has 7 heteroatoms. The minimum atomic E-state index is -3.47. The summed E-state index contributed by atoms with van der Waals surface area (Å²) in [5, 5.41) is 2.84. The molecule has 1 aliphatic heterocycles. The number of halogens is 1. The van der Waals surface area contributed by atoms with Crippen LogP contribution < -0.4 is 5.32 Å². The Morgan fingerprint density at radius 3 is 2.89 bits per heavy atom. The second-order valence-corrected chi connectivity index (χ2v) is 7.50. The number of pyridine rings is 1. The van der Waals surface area contributed by atoms with Crippen LogP contribution in [0.25, 0.3) is 0 Å². The lowest BCUT2D eigenvalue weighted by Gasteiger charge is -2.18. The fourth-order valence-electron chi connectivity index (χ4n) is 2.29. The van der Waals surface area contributed by atoms with Crippen LogP contribution in [0.1, 0.15) is 19.8 Å². The van der Waals surface area contributed by atoms with Gasteiger partial charge in [0.15, 0.2) is 0 Å². The van der Waals surface area contributed by atoms with Gasteiger partial charge in [0.05, 0.1) is 0 Å². The summed E-state index contributed by atoms with van der Waals surface area (Å²) in [5.41, 5.74) is 0. The third kappa shape index (κ3) is 2.93. The van der Waals surface area contributed by atoms with E-state index in [1.54, 1.807) is 23.6 Å². The van der Waals surface area contributed by atoms with Gasteiger partial charge in [0.25, 0.3) is 0 Å². The van der Waals surface area contributed by atoms with E-state index in [0.717, 1.165) is 12.8 Å². The zero-order chi connectivity index (χ0) is 14.0. The number of hydrogen-bond donors (Lipinski definition) is 1. The molecule has 1 fully saturated rings. The van der Waals surface area contributed by atoms with Crippen molar-refractivity contribution in [3.8, 4) is 0 Å². The molecule has 1 saturated heterocycles. The third-order valence-electron chi connectivity index (χ3n) is 3.50. The van der Waals surface area contributed by atoms with Gasteiger partial charge in [-0.2, -0.15) is 4.31 Å². The fourth-order valence-corrected chi connectivity index (χ4v) is 4.48. The molecule has 0 saturated carbocycles. The molecule has 2 rings (SSSR count). The molecule has 1 unspecified atom stereocenters. The molecular formula is C12H18BrN3O2S. The SMILES string of the molecule is CCC1CCN(S(=O)(=O)c2cc(Br)cnc2NC)C1. The van der Waals surface area contributed by atoms with Crippen molar-refractivity contribution in [3.63, 3.8) is 0 Å². The highest BCUT2D eigenvalue weighted by molar-refractivity contribution is 9.10. The van der Waals surface area contributed by atoms with E-state index >= 15 is 0 Å². The first-order valence-corrected chi connectivity index (χ1v) is 8.55. The predicted octanol–water partition coefficient (Wildman–Crippen LogP) is 2.31. The van der Waals surface area contributed by atoms with Gasteiger partial charge in [0.2, 0.25) is 10.0 Å². The Morgan fingerprint density at radius 1 is 1.58 bits per heavy atom. The lowest BCUT2D eigenvalue weighted by Crippen LogP contribution is -2.29. The van der Waals surface area contributed by atoms with Crippen molar-refractivity contribution in [3.05, 3.63) is 16.7 Å². The second kappa shape index (κ2) is 5.76. The van der Waals surface area contributed by atoms with E-state index in [1.165, 1.54) is 0 Å². The first-order valence-electron chi connectivity index (χ1n) is 6.32. The first-order chi connectivity index (χ1) is 8.98. The molecule has 1 aromatic rings. The van der Waals surface area contributed by atoms with Gasteiger partial charge >= 0.3 is 0 Å². The monoisotopic (exact) mass is 347 g/mol. The molecule has 0 aromatic carbocycles. The lowest BCUT2D eigenvalue weighted by molar-refractivity contribution is 0.453.